The smallest absolute Gasteiger partial charge is 0.335 e. The highest BCUT2D eigenvalue weighted by Gasteiger charge is 2.35. The number of esters is 6. The first-order chi connectivity index (χ1) is 31.0. The standard InChI is InChI=1S/C48H40N2O12S2/c1-3-39(51)57-31-17-21-33(22-18-31)59-45(53)27-9-13-29(14-10-27)47(55)61-36-25-26-37(42-41(36)50-44(64-42)43-49-35-7-5-6-8-38(35)63-43)62-48(56)30-15-11-28(12-16-30)46(54)60-34-23-19-32(20-24-34)58-40(52)4-2/h3-8,17-30H,1-2,9-16H2. The zero-order chi connectivity index (χ0) is 44.7. The fourth-order valence-corrected chi connectivity index (χ4v) is 9.57. The van der Waals surface area contributed by atoms with E-state index in [1.807, 2.05) is 24.3 Å². The first-order valence-electron chi connectivity index (χ1n) is 20.6. The van der Waals surface area contributed by atoms with Gasteiger partial charge in [-0.05, 0) is 124 Å². The van der Waals surface area contributed by atoms with E-state index >= 15 is 0 Å². The highest BCUT2D eigenvalue weighted by Crippen LogP contribution is 2.44. The molecule has 0 saturated heterocycles. The molecular weight excluding hydrogens is 861 g/mol. The van der Waals surface area contributed by atoms with Crippen molar-refractivity contribution in [1.82, 2.24) is 9.97 Å². The fourth-order valence-electron chi connectivity index (χ4n) is 7.56. The van der Waals surface area contributed by atoms with E-state index in [0.29, 0.717) is 83.1 Å². The number of nitrogens with zero attached hydrogens (tertiary/aromatic N) is 2. The van der Waals surface area contributed by atoms with Crippen LogP contribution in [-0.4, -0.2) is 45.8 Å². The number of fused-ring (bicyclic) bond motifs is 2. The normalized spacial score (nSPS) is 18.3. The van der Waals surface area contributed by atoms with E-state index in [1.165, 1.54) is 71.2 Å². The van der Waals surface area contributed by atoms with Crippen LogP contribution in [0.25, 0.3) is 30.4 Å². The van der Waals surface area contributed by atoms with Crippen molar-refractivity contribution < 1.29 is 57.2 Å². The summed E-state index contributed by atoms with van der Waals surface area (Å²) >= 11 is 2.74. The quantitative estimate of drug-likeness (QED) is 0.0607. The Labute approximate surface area is 374 Å². The summed E-state index contributed by atoms with van der Waals surface area (Å²) in [6, 6.07) is 23.1. The summed E-state index contributed by atoms with van der Waals surface area (Å²) in [6.45, 7) is 6.73. The maximum absolute atomic E-state index is 13.7. The SMILES string of the molecule is C=CC(=O)Oc1ccc(OC(=O)C2CCC(C(=O)Oc3ccc(OC(=O)C4CCC(C(=O)Oc5ccc(OC(=O)C=C)cc5)CC4)c4sc(-c5nc6ccccc6s5)nc34)CC2)cc1. The van der Waals surface area contributed by atoms with E-state index in [0.717, 1.165) is 22.4 Å². The molecule has 0 spiro atoms. The summed E-state index contributed by atoms with van der Waals surface area (Å²) < 4.78 is 34.8. The van der Waals surface area contributed by atoms with Crippen molar-refractivity contribution in [2.45, 2.75) is 51.4 Å². The summed E-state index contributed by atoms with van der Waals surface area (Å²) in [4.78, 5) is 85.9. The number of rotatable bonds is 13. The van der Waals surface area contributed by atoms with Gasteiger partial charge in [0.2, 0.25) is 0 Å². The average molecular weight is 901 g/mol. The van der Waals surface area contributed by atoms with Gasteiger partial charge in [-0.3, -0.25) is 19.2 Å². The molecule has 6 aromatic rings. The van der Waals surface area contributed by atoms with Crippen LogP contribution in [0.1, 0.15) is 51.4 Å². The lowest BCUT2D eigenvalue weighted by atomic mass is 9.82. The van der Waals surface area contributed by atoms with Crippen LogP contribution in [0.5, 0.6) is 34.5 Å². The molecule has 0 N–H and O–H groups in total. The van der Waals surface area contributed by atoms with Gasteiger partial charge in [0.25, 0.3) is 0 Å². The zero-order valence-corrected chi connectivity index (χ0v) is 35.9. The molecule has 0 bridgehead atoms. The topological polar surface area (TPSA) is 184 Å². The number of ether oxygens (including phenoxy) is 6. The first kappa shape index (κ1) is 43.6. The van der Waals surface area contributed by atoms with Crippen LogP contribution in [0.2, 0.25) is 0 Å². The highest BCUT2D eigenvalue weighted by atomic mass is 32.1. The van der Waals surface area contributed by atoms with Crippen LogP contribution in [0, 0.1) is 23.7 Å². The molecule has 2 aromatic heterocycles. The molecule has 2 fully saturated rings. The van der Waals surface area contributed by atoms with E-state index in [2.05, 4.69) is 13.2 Å². The third-order valence-corrected chi connectivity index (χ3v) is 13.3. The molecule has 0 atom stereocenters. The van der Waals surface area contributed by atoms with Gasteiger partial charge >= 0.3 is 35.8 Å². The van der Waals surface area contributed by atoms with Crippen LogP contribution in [-0.2, 0) is 28.8 Å². The van der Waals surface area contributed by atoms with E-state index in [4.69, 9.17) is 38.4 Å². The van der Waals surface area contributed by atoms with E-state index in [-0.39, 0.29) is 23.0 Å². The van der Waals surface area contributed by atoms with Crippen molar-refractivity contribution in [3.63, 3.8) is 0 Å². The number of hydrogen-bond donors (Lipinski definition) is 0. The van der Waals surface area contributed by atoms with Gasteiger partial charge in [0, 0.05) is 12.2 Å². The Balaban J connectivity index is 0.907. The van der Waals surface area contributed by atoms with Crippen molar-refractivity contribution in [1.29, 1.82) is 0 Å². The fraction of sp³-hybridized carbons (Fsp3) is 0.250. The van der Waals surface area contributed by atoms with Gasteiger partial charge in [0.1, 0.15) is 33.2 Å². The molecule has 2 heterocycles. The maximum atomic E-state index is 13.7. The number of aromatic nitrogens is 2. The lowest BCUT2D eigenvalue weighted by Crippen LogP contribution is -2.30. The molecule has 0 unspecified atom stereocenters. The van der Waals surface area contributed by atoms with E-state index < -0.39 is 59.5 Å². The van der Waals surface area contributed by atoms with Gasteiger partial charge in [0.05, 0.1) is 33.9 Å². The molecule has 2 aliphatic rings. The van der Waals surface area contributed by atoms with Crippen LogP contribution in [0.3, 0.4) is 0 Å². The van der Waals surface area contributed by atoms with Crippen molar-refractivity contribution in [3.05, 3.63) is 110 Å². The van der Waals surface area contributed by atoms with Crippen molar-refractivity contribution in [3.8, 4) is 44.5 Å². The number of thiazole rings is 2. The zero-order valence-electron chi connectivity index (χ0n) is 34.2. The summed E-state index contributed by atoms with van der Waals surface area (Å²) in [5.74, 6) is -3.03. The van der Waals surface area contributed by atoms with E-state index in [9.17, 15) is 28.8 Å². The van der Waals surface area contributed by atoms with E-state index in [1.54, 1.807) is 12.1 Å². The Bertz CT molecular complexity index is 2580. The molecule has 0 radical (unpaired) electrons. The predicted octanol–water partition coefficient (Wildman–Crippen LogP) is 9.39. The second-order valence-electron chi connectivity index (χ2n) is 15.2. The van der Waals surface area contributed by atoms with Gasteiger partial charge in [0.15, 0.2) is 21.5 Å². The number of para-hydroxylation sites is 1. The summed E-state index contributed by atoms with van der Waals surface area (Å²) in [5.41, 5.74) is 1.16. The Morgan fingerprint density at radius 2 is 0.859 bits per heavy atom. The largest absolute Gasteiger partial charge is 0.426 e. The maximum Gasteiger partial charge on any atom is 0.335 e. The van der Waals surface area contributed by atoms with Crippen LogP contribution in [0.15, 0.2) is 110 Å². The second kappa shape index (κ2) is 19.6. The monoisotopic (exact) mass is 900 g/mol. The predicted molar refractivity (Wildman–Crippen MR) is 236 cm³/mol. The van der Waals surface area contributed by atoms with Crippen molar-refractivity contribution in [2.24, 2.45) is 23.7 Å². The van der Waals surface area contributed by atoms with Crippen LogP contribution >= 0.6 is 22.7 Å². The Hall–Kier alpha value is -7.04. The van der Waals surface area contributed by atoms with Crippen molar-refractivity contribution >= 4 is 78.9 Å². The average Bonchev–Trinajstić information content (AvgIpc) is 3.97. The van der Waals surface area contributed by atoms with Crippen LogP contribution in [0.4, 0.5) is 0 Å². The molecule has 0 aliphatic heterocycles. The number of benzene rings is 4. The van der Waals surface area contributed by atoms with Gasteiger partial charge in [-0.2, -0.15) is 0 Å². The molecular formula is C48H40N2O12S2. The minimum Gasteiger partial charge on any atom is -0.426 e. The molecule has 16 heteroatoms. The van der Waals surface area contributed by atoms with Crippen molar-refractivity contribution in [2.75, 3.05) is 0 Å². The first-order valence-corrected chi connectivity index (χ1v) is 22.2. The molecule has 8 rings (SSSR count). The minimum atomic E-state index is -0.601. The molecule has 14 nitrogen and oxygen atoms in total. The molecule has 4 aromatic carbocycles. The minimum absolute atomic E-state index is 0.207. The van der Waals surface area contributed by atoms with Gasteiger partial charge in [-0.1, -0.05) is 25.3 Å². The third-order valence-electron chi connectivity index (χ3n) is 11.0. The Morgan fingerprint density at radius 3 is 1.31 bits per heavy atom. The Morgan fingerprint density at radius 1 is 0.469 bits per heavy atom. The lowest BCUT2D eigenvalue weighted by molar-refractivity contribution is -0.145. The van der Waals surface area contributed by atoms with Gasteiger partial charge < -0.3 is 28.4 Å². The molecule has 0 amide bonds. The lowest BCUT2D eigenvalue weighted by Gasteiger charge is -2.26. The highest BCUT2D eigenvalue weighted by molar-refractivity contribution is 7.28. The number of hydrogen-bond acceptors (Lipinski definition) is 16. The summed E-state index contributed by atoms with van der Waals surface area (Å²) in [5, 5.41) is 1.22. The molecule has 2 saturated carbocycles. The number of carbonyl (C=O) groups is 6. The molecule has 326 valence electrons. The number of carbonyl (C=O) groups excluding carboxylic acids is 6. The summed E-state index contributed by atoms with van der Waals surface area (Å²) in [7, 11) is 0. The molecule has 64 heavy (non-hydrogen) atoms. The molecule has 2 aliphatic carbocycles. The van der Waals surface area contributed by atoms with Crippen LogP contribution < -0.4 is 28.4 Å². The van der Waals surface area contributed by atoms with Gasteiger partial charge in [-0.25, -0.2) is 19.6 Å². The summed E-state index contributed by atoms with van der Waals surface area (Å²) in [6.07, 6.45) is 5.43. The second-order valence-corrected chi connectivity index (χ2v) is 17.2. The Kier molecular flexibility index (Phi) is 13.3. The third kappa shape index (κ3) is 10.2. The van der Waals surface area contributed by atoms with Gasteiger partial charge in [-0.15, -0.1) is 22.7 Å².